The Morgan fingerprint density at radius 1 is 1.16 bits per heavy atom. The summed E-state index contributed by atoms with van der Waals surface area (Å²) in [6, 6.07) is 12.4. The quantitative estimate of drug-likeness (QED) is 0.913. The largest absolute Gasteiger partial charge is 0.338 e. The number of sulfonamides is 1. The highest BCUT2D eigenvalue weighted by Crippen LogP contribution is 2.25. The Kier molecular flexibility index (Phi) is 4.81. The van der Waals surface area contributed by atoms with Gasteiger partial charge in [-0.3, -0.25) is 9.52 Å². The predicted molar refractivity (Wildman–Crippen MR) is 97.8 cm³/mol. The monoisotopic (exact) mass is 358 g/mol. The van der Waals surface area contributed by atoms with Crippen LogP contribution >= 0.6 is 0 Å². The van der Waals surface area contributed by atoms with Crippen LogP contribution in [0.3, 0.4) is 0 Å². The zero-order chi connectivity index (χ0) is 18.0. The molecule has 2 aromatic carbocycles. The molecule has 0 bridgehead atoms. The van der Waals surface area contributed by atoms with Crippen LogP contribution in [0.25, 0.3) is 0 Å². The highest BCUT2D eigenvalue weighted by Gasteiger charge is 2.21. The molecule has 0 aromatic heterocycles. The number of hydrogen-bond acceptors (Lipinski definition) is 3. The van der Waals surface area contributed by atoms with Gasteiger partial charge in [0.2, 0.25) is 5.91 Å². The van der Waals surface area contributed by atoms with Gasteiger partial charge in [0.15, 0.2) is 0 Å². The van der Waals surface area contributed by atoms with E-state index < -0.39 is 10.0 Å². The minimum Gasteiger partial charge on any atom is -0.338 e. The van der Waals surface area contributed by atoms with Gasteiger partial charge in [-0.1, -0.05) is 25.1 Å². The molecule has 0 unspecified atom stereocenters. The number of anilines is 1. The van der Waals surface area contributed by atoms with Gasteiger partial charge >= 0.3 is 0 Å². The SMILES string of the molecule is CCC(=O)N1CCc2ccc(NS(=O)(=O)c3cccc(C)c3)cc2C1. The van der Waals surface area contributed by atoms with Crippen LogP contribution in [-0.4, -0.2) is 25.8 Å². The third kappa shape index (κ3) is 3.85. The van der Waals surface area contributed by atoms with Gasteiger partial charge in [-0.15, -0.1) is 0 Å². The van der Waals surface area contributed by atoms with Crippen LogP contribution in [0, 0.1) is 6.92 Å². The number of carbonyl (C=O) groups excluding carboxylic acids is 1. The summed E-state index contributed by atoms with van der Waals surface area (Å²) in [7, 11) is -3.63. The highest BCUT2D eigenvalue weighted by atomic mass is 32.2. The van der Waals surface area contributed by atoms with Gasteiger partial charge in [0.25, 0.3) is 10.0 Å². The van der Waals surface area contributed by atoms with Crippen molar-refractivity contribution in [1.29, 1.82) is 0 Å². The van der Waals surface area contributed by atoms with Gasteiger partial charge in [0.05, 0.1) is 4.90 Å². The van der Waals surface area contributed by atoms with E-state index in [9.17, 15) is 13.2 Å². The van der Waals surface area contributed by atoms with Crippen molar-refractivity contribution in [1.82, 2.24) is 4.90 Å². The second-order valence-electron chi connectivity index (χ2n) is 6.32. The van der Waals surface area contributed by atoms with E-state index in [1.54, 1.807) is 24.3 Å². The van der Waals surface area contributed by atoms with Crippen molar-refractivity contribution in [3.63, 3.8) is 0 Å². The molecule has 0 aliphatic carbocycles. The Morgan fingerprint density at radius 2 is 1.96 bits per heavy atom. The summed E-state index contributed by atoms with van der Waals surface area (Å²) in [5.41, 5.74) is 3.57. The Morgan fingerprint density at radius 3 is 2.68 bits per heavy atom. The number of nitrogens with zero attached hydrogens (tertiary/aromatic N) is 1. The molecule has 1 heterocycles. The maximum absolute atomic E-state index is 12.6. The molecule has 1 aliphatic heterocycles. The summed E-state index contributed by atoms with van der Waals surface area (Å²) in [5.74, 6) is 0.122. The second kappa shape index (κ2) is 6.88. The number of carbonyl (C=O) groups is 1. The lowest BCUT2D eigenvalue weighted by atomic mass is 9.99. The average Bonchev–Trinajstić information content (AvgIpc) is 2.60. The molecule has 0 saturated carbocycles. The Bertz CT molecular complexity index is 907. The molecule has 132 valence electrons. The summed E-state index contributed by atoms with van der Waals surface area (Å²) in [4.78, 5) is 14.0. The van der Waals surface area contributed by atoms with Crippen molar-refractivity contribution in [2.75, 3.05) is 11.3 Å². The molecule has 1 N–H and O–H groups in total. The second-order valence-corrected chi connectivity index (χ2v) is 8.01. The van der Waals surface area contributed by atoms with Crippen molar-refractivity contribution >= 4 is 21.6 Å². The molecule has 0 saturated heterocycles. The van der Waals surface area contributed by atoms with Crippen LogP contribution in [0.5, 0.6) is 0 Å². The Balaban J connectivity index is 1.84. The third-order valence-electron chi connectivity index (χ3n) is 4.43. The molecule has 5 nitrogen and oxygen atoms in total. The van der Waals surface area contributed by atoms with E-state index in [1.807, 2.05) is 36.9 Å². The summed E-state index contributed by atoms with van der Waals surface area (Å²) in [6.07, 6.45) is 1.28. The number of fused-ring (bicyclic) bond motifs is 1. The molecule has 6 heteroatoms. The molecule has 3 rings (SSSR count). The smallest absolute Gasteiger partial charge is 0.261 e. The minimum atomic E-state index is -3.63. The molecule has 0 radical (unpaired) electrons. The van der Waals surface area contributed by atoms with Gasteiger partial charge in [0.1, 0.15) is 0 Å². The Hall–Kier alpha value is -2.34. The minimum absolute atomic E-state index is 0.122. The fourth-order valence-electron chi connectivity index (χ4n) is 3.05. The number of nitrogens with one attached hydrogen (secondary N) is 1. The van der Waals surface area contributed by atoms with E-state index in [0.717, 1.165) is 17.5 Å². The fourth-order valence-corrected chi connectivity index (χ4v) is 4.21. The number of aryl methyl sites for hydroxylation is 1. The van der Waals surface area contributed by atoms with Gasteiger partial charge in [-0.05, 0) is 54.3 Å². The van der Waals surface area contributed by atoms with Crippen molar-refractivity contribution < 1.29 is 13.2 Å². The molecule has 0 atom stereocenters. The topological polar surface area (TPSA) is 66.5 Å². The summed E-state index contributed by atoms with van der Waals surface area (Å²) < 4.78 is 27.8. The van der Waals surface area contributed by atoms with Crippen LogP contribution in [0.4, 0.5) is 5.69 Å². The lowest BCUT2D eigenvalue weighted by molar-refractivity contribution is -0.131. The molecule has 2 aromatic rings. The van der Waals surface area contributed by atoms with Gasteiger partial charge in [-0.25, -0.2) is 8.42 Å². The fraction of sp³-hybridized carbons (Fsp3) is 0.316. The molecular weight excluding hydrogens is 336 g/mol. The summed E-state index contributed by atoms with van der Waals surface area (Å²) >= 11 is 0. The van der Waals surface area contributed by atoms with E-state index in [-0.39, 0.29) is 10.8 Å². The van der Waals surface area contributed by atoms with Crippen molar-refractivity contribution in [3.05, 3.63) is 59.2 Å². The first-order chi connectivity index (χ1) is 11.9. The van der Waals surface area contributed by atoms with E-state index in [2.05, 4.69) is 4.72 Å². The van der Waals surface area contributed by atoms with Crippen molar-refractivity contribution in [2.45, 2.75) is 38.1 Å². The van der Waals surface area contributed by atoms with Crippen molar-refractivity contribution in [2.24, 2.45) is 0 Å². The number of rotatable bonds is 4. The Labute approximate surface area is 148 Å². The lowest BCUT2D eigenvalue weighted by Crippen LogP contribution is -2.35. The van der Waals surface area contributed by atoms with Gasteiger partial charge in [0, 0.05) is 25.2 Å². The summed E-state index contributed by atoms with van der Waals surface area (Å²) in [6.45, 7) is 4.96. The van der Waals surface area contributed by atoms with E-state index >= 15 is 0 Å². The van der Waals surface area contributed by atoms with E-state index in [0.29, 0.717) is 25.2 Å². The maximum Gasteiger partial charge on any atom is 0.261 e. The van der Waals surface area contributed by atoms with Crippen molar-refractivity contribution in [3.8, 4) is 0 Å². The van der Waals surface area contributed by atoms with Gasteiger partial charge in [-0.2, -0.15) is 0 Å². The lowest BCUT2D eigenvalue weighted by Gasteiger charge is -2.29. The average molecular weight is 358 g/mol. The molecular formula is C19H22N2O3S. The number of hydrogen-bond donors (Lipinski definition) is 1. The zero-order valence-electron chi connectivity index (χ0n) is 14.5. The zero-order valence-corrected chi connectivity index (χ0v) is 15.3. The first-order valence-electron chi connectivity index (χ1n) is 8.38. The number of benzene rings is 2. The van der Waals surface area contributed by atoms with Crippen LogP contribution in [0.2, 0.25) is 0 Å². The maximum atomic E-state index is 12.6. The van der Waals surface area contributed by atoms with Gasteiger partial charge < -0.3 is 4.90 Å². The van der Waals surface area contributed by atoms with Crippen LogP contribution in [0.15, 0.2) is 47.4 Å². The third-order valence-corrected chi connectivity index (χ3v) is 5.80. The molecule has 1 amide bonds. The first kappa shape index (κ1) is 17.5. The standard InChI is InChI=1S/C19H22N2O3S/c1-3-19(22)21-10-9-15-7-8-17(12-16(15)13-21)20-25(23,24)18-6-4-5-14(2)11-18/h4-8,11-12,20H,3,9-10,13H2,1-2H3. The summed E-state index contributed by atoms with van der Waals surface area (Å²) in [5, 5.41) is 0. The van der Waals surface area contributed by atoms with Crippen LogP contribution < -0.4 is 4.72 Å². The highest BCUT2D eigenvalue weighted by molar-refractivity contribution is 7.92. The first-order valence-corrected chi connectivity index (χ1v) is 9.86. The van der Waals surface area contributed by atoms with Crippen LogP contribution in [0.1, 0.15) is 30.0 Å². The molecule has 1 aliphatic rings. The molecule has 0 spiro atoms. The molecule has 0 fully saturated rings. The van der Waals surface area contributed by atoms with E-state index in [4.69, 9.17) is 0 Å². The van der Waals surface area contributed by atoms with Crippen LogP contribution in [-0.2, 0) is 27.8 Å². The molecule has 25 heavy (non-hydrogen) atoms. The number of amides is 1. The normalized spacial score (nSPS) is 14.1. The predicted octanol–water partition coefficient (Wildman–Crippen LogP) is 3.09. The van der Waals surface area contributed by atoms with E-state index in [1.165, 1.54) is 5.56 Å².